The molecule has 0 heterocycles. The molecular formula is C25H38N2O5Si. The molecule has 1 aromatic carbocycles. The molecule has 1 aromatic rings. The van der Waals surface area contributed by atoms with Gasteiger partial charge in [0.15, 0.2) is 0 Å². The fraction of sp³-hybridized carbons (Fsp3) is 0.560. The maximum Gasteiger partial charge on any atom is 0.408 e. The van der Waals surface area contributed by atoms with Crippen molar-refractivity contribution in [1.29, 1.82) is 0 Å². The van der Waals surface area contributed by atoms with Gasteiger partial charge in [-0.15, -0.1) is 11.5 Å². The van der Waals surface area contributed by atoms with Crippen molar-refractivity contribution in [3.05, 3.63) is 35.9 Å². The topological polar surface area (TPSA) is 105 Å². The monoisotopic (exact) mass is 474 g/mol. The molecular weight excluding hydrogens is 436 g/mol. The molecule has 33 heavy (non-hydrogen) atoms. The molecule has 0 aromatic heterocycles. The van der Waals surface area contributed by atoms with E-state index < -0.39 is 38.1 Å². The molecule has 2 atom stereocenters. The van der Waals surface area contributed by atoms with E-state index in [2.05, 4.69) is 56.0 Å². The number of alkyl carbamates (subject to hydrolysis) is 1. The third-order valence-corrected chi connectivity index (χ3v) is 10.3. The number of carbonyl (C=O) groups excluding carboxylic acids is 2. The van der Waals surface area contributed by atoms with E-state index in [-0.39, 0.29) is 24.0 Å². The number of rotatable bonds is 9. The lowest BCUT2D eigenvalue weighted by Crippen LogP contribution is -2.52. The van der Waals surface area contributed by atoms with Crippen LogP contribution in [0.3, 0.4) is 0 Å². The first-order valence-corrected chi connectivity index (χ1v) is 14.2. The van der Waals surface area contributed by atoms with Gasteiger partial charge in [0.25, 0.3) is 0 Å². The average Bonchev–Trinajstić information content (AvgIpc) is 2.70. The van der Waals surface area contributed by atoms with Gasteiger partial charge in [-0.2, -0.15) is 0 Å². The molecule has 8 heteroatoms. The molecule has 3 N–H and O–H groups in total. The van der Waals surface area contributed by atoms with Gasteiger partial charge in [0.1, 0.15) is 26.8 Å². The summed E-state index contributed by atoms with van der Waals surface area (Å²) in [5.41, 5.74) is 4.09. The van der Waals surface area contributed by atoms with Crippen molar-refractivity contribution in [2.24, 2.45) is 5.92 Å². The molecule has 0 aliphatic rings. The first kappa shape index (κ1) is 28.2. The lowest BCUT2D eigenvalue weighted by atomic mass is 10.0. The van der Waals surface area contributed by atoms with Crippen LogP contribution in [0, 0.1) is 17.4 Å². The van der Waals surface area contributed by atoms with Crippen LogP contribution in [0.4, 0.5) is 4.79 Å². The minimum absolute atomic E-state index is 0.000432. The molecule has 7 nitrogen and oxygen atoms in total. The Kier molecular flexibility index (Phi) is 10.7. The summed E-state index contributed by atoms with van der Waals surface area (Å²) in [4.78, 5) is 36.8. The van der Waals surface area contributed by atoms with Crippen LogP contribution in [0.2, 0.25) is 18.1 Å². The van der Waals surface area contributed by atoms with Gasteiger partial charge in [-0.3, -0.25) is 4.79 Å². The van der Waals surface area contributed by atoms with Crippen molar-refractivity contribution in [2.75, 3.05) is 0 Å². The molecule has 182 valence electrons. The molecule has 0 spiro atoms. The SMILES string of the molecule is CC(C)C[C@H](NC(=O)OCc1ccccc1)C(=O)N[C@H](CC#C[Si](C)(C)C(C)(C)C)C(=O)O. The van der Waals surface area contributed by atoms with E-state index in [1.165, 1.54) is 0 Å². The van der Waals surface area contributed by atoms with Crippen LogP contribution in [0.5, 0.6) is 0 Å². The number of benzene rings is 1. The fourth-order valence-corrected chi connectivity index (χ4v) is 3.56. The molecule has 0 unspecified atom stereocenters. The van der Waals surface area contributed by atoms with Crippen molar-refractivity contribution in [3.8, 4) is 11.5 Å². The van der Waals surface area contributed by atoms with Crippen LogP contribution < -0.4 is 10.6 Å². The number of hydrogen-bond donors (Lipinski definition) is 3. The van der Waals surface area contributed by atoms with Gasteiger partial charge in [-0.25, -0.2) is 9.59 Å². The minimum atomic E-state index is -1.89. The normalized spacial score (nSPS) is 13.3. The van der Waals surface area contributed by atoms with Crippen molar-refractivity contribution < 1.29 is 24.2 Å². The van der Waals surface area contributed by atoms with E-state index in [9.17, 15) is 19.5 Å². The highest BCUT2D eigenvalue weighted by molar-refractivity contribution is 6.87. The standard InChI is InChI=1S/C25H38N2O5Si/c1-18(2)16-21(27-24(31)32-17-19-12-9-8-10-13-19)22(28)26-20(23(29)30)14-11-15-33(6,7)25(3,4)5/h8-10,12-13,18,20-21H,14,16-17H2,1-7H3,(H,26,28)(H,27,31)(H,29,30)/t20-,21+/m1/s1. The molecule has 0 fully saturated rings. The number of carbonyl (C=O) groups is 3. The summed E-state index contributed by atoms with van der Waals surface area (Å²) in [5.74, 6) is 1.34. The first-order valence-electron chi connectivity index (χ1n) is 11.2. The molecule has 2 amide bonds. The number of hydrogen-bond acceptors (Lipinski definition) is 4. The van der Waals surface area contributed by atoms with Gasteiger partial charge in [0.2, 0.25) is 5.91 Å². The third kappa shape index (κ3) is 10.1. The van der Waals surface area contributed by atoms with Gasteiger partial charge in [0, 0.05) is 6.42 Å². The second-order valence-corrected chi connectivity index (χ2v) is 15.2. The quantitative estimate of drug-likeness (QED) is 0.365. The second kappa shape index (κ2) is 12.4. The average molecular weight is 475 g/mol. The lowest BCUT2D eigenvalue weighted by molar-refractivity contribution is -0.142. The molecule has 0 aliphatic heterocycles. The number of ether oxygens (including phenoxy) is 1. The van der Waals surface area contributed by atoms with Gasteiger partial charge in [-0.05, 0) is 22.9 Å². The van der Waals surface area contributed by atoms with Gasteiger partial charge < -0.3 is 20.5 Å². The summed E-state index contributed by atoms with van der Waals surface area (Å²) in [7, 11) is -1.89. The molecule has 0 saturated heterocycles. The van der Waals surface area contributed by atoms with E-state index in [4.69, 9.17) is 4.74 Å². The molecule has 1 rings (SSSR count). The zero-order valence-corrected chi connectivity index (χ0v) is 21.8. The Hall–Kier alpha value is -2.79. The predicted octanol–water partition coefficient (Wildman–Crippen LogP) is 4.34. The Balaban J connectivity index is 2.81. The maximum absolute atomic E-state index is 12.8. The van der Waals surface area contributed by atoms with Gasteiger partial charge >= 0.3 is 12.1 Å². The first-order chi connectivity index (χ1) is 15.2. The Morgan fingerprint density at radius 3 is 2.18 bits per heavy atom. The Morgan fingerprint density at radius 2 is 1.67 bits per heavy atom. The smallest absolute Gasteiger partial charge is 0.408 e. The Bertz CT molecular complexity index is 866. The molecule has 0 saturated carbocycles. The summed E-state index contributed by atoms with van der Waals surface area (Å²) in [6, 6.07) is 7.12. The van der Waals surface area contributed by atoms with Crippen molar-refractivity contribution in [1.82, 2.24) is 10.6 Å². The number of carboxylic acid groups (broad SMARTS) is 1. The Labute approximate surface area is 198 Å². The highest BCUT2D eigenvalue weighted by Gasteiger charge is 2.34. The largest absolute Gasteiger partial charge is 0.480 e. The maximum atomic E-state index is 12.8. The van der Waals surface area contributed by atoms with Gasteiger partial charge in [-0.1, -0.05) is 78.0 Å². The highest BCUT2D eigenvalue weighted by Crippen LogP contribution is 2.35. The van der Waals surface area contributed by atoms with E-state index >= 15 is 0 Å². The van der Waals surface area contributed by atoms with Crippen LogP contribution in [0.25, 0.3) is 0 Å². The summed E-state index contributed by atoms with van der Waals surface area (Å²) in [6.45, 7) is 14.6. The van der Waals surface area contributed by atoms with Crippen LogP contribution >= 0.6 is 0 Å². The molecule has 0 radical (unpaired) electrons. The summed E-state index contributed by atoms with van der Waals surface area (Å²) < 4.78 is 5.21. The van der Waals surface area contributed by atoms with Crippen LogP contribution in [0.15, 0.2) is 30.3 Å². The Morgan fingerprint density at radius 1 is 1.06 bits per heavy atom. The van der Waals surface area contributed by atoms with Crippen molar-refractivity contribution >= 4 is 26.0 Å². The zero-order chi connectivity index (χ0) is 25.2. The third-order valence-electron chi connectivity index (χ3n) is 5.73. The molecule has 0 aliphatic carbocycles. The summed E-state index contributed by atoms with van der Waals surface area (Å²) in [5, 5.41) is 14.7. The van der Waals surface area contributed by atoms with E-state index in [0.29, 0.717) is 6.42 Å². The van der Waals surface area contributed by atoms with E-state index in [1.807, 2.05) is 44.2 Å². The van der Waals surface area contributed by atoms with E-state index in [0.717, 1.165) is 5.56 Å². The zero-order valence-electron chi connectivity index (χ0n) is 20.8. The number of nitrogens with one attached hydrogen (secondary N) is 2. The summed E-state index contributed by atoms with van der Waals surface area (Å²) in [6.07, 6.45) is -0.390. The summed E-state index contributed by atoms with van der Waals surface area (Å²) >= 11 is 0. The van der Waals surface area contributed by atoms with Crippen LogP contribution in [-0.2, 0) is 20.9 Å². The van der Waals surface area contributed by atoms with Crippen LogP contribution in [0.1, 0.15) is 53.0 Å². The van der Waals surface area contributed by atoms with Crippen LogP contribution in [-0.4, -0.2) is 43.2 Å². The number of carboxylic acids is 1. The molecule has 0 bridgehead atoms. The van der Waals surface area contributed by atoms with E-state index in [1.54, 1.807) is 0 Å². The second-order valence-electron chi connectivity index (χ2n) is 10.2. The minimum Gasteiger partial charge on any atom is -0.480 e. The highest BCUT2D eigenvalue weighted by atomic mass is 28.3. The lowest BCUT2D eigenvalue weighted by Gasteiger charge is -2.31. The van der Waals surface area contributed by atoms with Crippen molar-refractivity contribution in [3.63, 3.8) is 0 Å². The van der Waals surface area contributed by atoms with Gasteiger partial charge in [0.05, 0.1) is 0 Å². The fourth-order valence-electron chi connectivity index (χ4n) is 2.64. The number of amides is 2. The predicted molar refractivity (Wildman–Crippen MR) is 132 cm³/mol. The van der Waals surface area contributed by atoms with Crippen molar-refractivity contribution in [2.45, 2.75) is 84.3 Å². The number of aliphatic carboxylic acids is 1.